The first kappa shape index (κ1) is 16.1. The number of nitrogens with one attached hydrogen (secondary N) is 2. The van der Waals surface area contributed by atoms with E-state index in [4.69, 9.17) is 0 Å². The molecule has 23 heavy (non-hydrogen) atoms. The number of aromatic nitrogens is 1. The topological polar surface area (TPSA) is 48.1 Å². The minimum absolute atomic E-state index is 0.0693. The van der Waals surface area contributed by atoms with Crippen LogP contribution >= 0.6 is 11.8 Å². The fourth-order valence-corrected chi connectivity index (χ4v) is 3.80. The third kappa shape index (κ3) is 3.44. The highest BCUT2D eigenvalue weighted by Gasteiger charge is 2.17. The minimum atomic E-state index is -0.593. The van der Waals surface area contributed by atoms with Crippen LogP contribution in [0.25, 0.3) is 10.9 Å². The summed E-state index contributed by atoms with van der Waals surface area (Å²) in [5.41, 5.74) is 1.96. The maximum Gasteiger partial charge on any atom is 0.317 e. The quantitative estimate of drug-likeness (QED) is 0.903. The Kier molecular flexibility index (Phi) is 4.75. The number of carbonyl (C=O) groups excluding carboxylic acids is 1. The maximum absolute atomic E-state index is 13.8. The lowest BCUT2D eigenvalue weighted by molar-refractivity contribution is 0.203. The number of hydrogen-bond donors (Lipinski definition) is 2. The van der Waals surface area contributed by atoms with E-state index >= 15 is 0 Å². The molecule has 0 radical (unpaired) electrons. The van der Waals surface area contributed by atoms with Crippen molar-refractivity contribution in [3.63, 3.8) is 0 Å². The second-order valence-corrected chi connectivity index (χ2v) is 6.84. The molecule has 2 aromatic rings. The summed E-state index contributed by atoms with van der Waals surface area (Å²) in [7, 11) is 0. The summed E-state index contributed by atoms with van der Waals surface area (Å²) in [4.78, 5) is 16.8. The molecule has 0 bridgehead atoms. The smallest absolute Gasteiger partial charge is 0.317 e. The molecular weight excluding hydrogens is 320 g/mol. The molecule has 2 amide bonds. The van der Waals surface area contributed by atoms with Crippen LogP contribution in [0.5, 0.6) is 0 Å². The molecule has 1 aromatic carbocycles. The van der Waals surface area contributed by atoms with E-state index in [9.17, 15) is 13.6 Å². The Bertz CT molecular complexity index is 726. The summed E-state index contributed by atoms with van der Waals surface area (Å²) in [6, 6.07) is 2.14. The average Bonchev–Trinajstić information content (AvgIpc) is 2.85. The zero-order valence-corrected chi connectivity index (χ0v) is 13.7. The van der Waals surface area contributed by atoms with Gasteiger partial charge in [0.05, 0.1) is 5.52 Å². The van der Waals surface area contributed by atoms with E-state index in [-0.39, 0.29) is 6.03 Å². The molecule has 2 heterocycles. The molecule has 1 aliphatic rings. The number of urea groups is 1. The number of halogens is 2. The fourth-order valence-electron chi connectivity index (χ4n) is 2.90. The van der Waals surface area contributed by atoms with Gasteiger partial charge in [0.25, 0.3) is 0 Å². The van der Waals surface area contributed by atoms with E-state index < -0.39 is 11.6 Å². The van der Waals surface area contributed by atoms with Gasteiger partial charge in [-0.2, -0.15) is 11.8 Å². The summed E-state index contributed by atoms with van der Waals surface area (Å²) in [6.07, 6.45) is 0.531. The normalized spacial score (nSPS) is 15.2. The molecule has 0 aliphatic carbocycles. The highest BCUT2D eigenvalue weighted by atomic mass is 32.2. The first-order chi connectivity index (χ1) is 11.1. The van der Waals surface area contributed by atoms with Crippen molar-refractivity contribution in [3.05, 3.63) is 35.0 Å². The zero-order valence-electron chi connectivity index (χ0n) is 12.9. The third-order valence-electron chi connectivity index (χ3n) is 4.09. The molecule has 3 rings (SSSR count). The van der Waals surface area contributed by atoms with Gasteiger partial charge in [-0.25, -0.2) is 13.6 Å². The first-order valence-electron chi connectivity index (χ1n) is 7.63. The van der Waals surface area contributed by atoms with Crippen molar-refractivity contribution < 1.29 is 13.6 Å². The molecule has 1 aromatic heterocycles. The van der Waals surface area contributed by atoms with Gasteiger partial charge < -0.3 is 15.2 Å². The van der Waals surface area contributed by atoms with Crippen LogP contribution in [0, 0.1) is 18.6 Å². The molecule has 0 atom stereocenters. The van der Waals surface area contributed by atoms with Gasteiger partial charge in [-0.3, -0.25) is 0 Å². The van der Waals surface area contributed by atoms with Crippen LogP contribution in [0.1, 0.15) is 11.3 Å². The van der Waals surface area contributed by atoms with Gasteiger partial charge in [-0.05, 0) is 25.0 Å². The second-order valence-electron chi connectivity index (χ2n) is 5.62. The Labute approximate surface area is 137 Å². The number of amides is 2. The van der Waals surface area contributed by atoms with Gasteiger partial charge in [0, 0.05) is 48.3 Å². The Morgan fingerprint density at radius 2 is 2.09 bits per heavy atom. The van der Waals surface area contributed by atoms with E-state index in [1.54, 1.807) is 4.90 Å². The van der Waals surface area contributed by atoms with Crippen LogP contribution in [0.4, 0.5) is 13.6 Å². The molecular formula is C16H19F2N3OS. The van der Waals surface area contributed by atoms with Gasteiger partial charge in [-0.15, -0.1) is 0 Å². The predicted octanol–water partition coefficient (Wildman–Crippen LogP) is 3.06. The van der Waals surface area contributed by atoms with E-state index in [1.165, 1.54) is 6.07 Å². The lowest BCUT2D eigenvalue weighted by Crippen LogP contribution is -2.44. The summed E-state index contributed by atoms with van der Waals surface area (Å²) >= 11 is 1.85. The van der Waals surface area contributed by atoms with Crippen LogP contribution in [-0.4, -0.2) is 47.1 Å². The third-order valence-corrected chi connectivity index (χ3v) is 5.04. The summed E-state index contributed by atoms with van der Waals surface area (Å²) < 4.78 is 27.2. The van der Waals surface area contributed by atoms with Crippen LogP contribution in [0.3, 0.4) is 0 Å². The zero-order chi connectivity index (χ0) is 16.4. The average molecular weight is 339 g/mol. The number of fused-ring (bicyclic) bond motifs is 1. The lowest BCUT2D eigenvalue weighted by Gasteiger charge is -2.26. The second kappa shape index (κ2) is 6.78. The predicted molar refractivity (Wildman–Crippen MR) is 89.0 cm³/mol. The van der Waals surface area contributed by atoms with Crippen LogP contribution in [-0.2, 0) is 6.42 Å². The largest absolute Gasteiger partial charge is 0.356 e. The lowest BCUT2D eigenvalue weighted by atomic mass is 10.1. The van der Waals surface area contributed by atoms with Crippen molar-refractivity contribution in [2.75, 3.05) is 31.1 Å². The molecule has 4 nitrogen and oxygen atoms in total. The summed E-state index contributed by atoms with van der Waals surface area (Å²) in [5, 5.41) is 3.43. The Morgan fingerprint density at radius 3 is 2.83 bits per heavy atom. The molecule has 124 valence electrons. The highest BCUT2D eigenvalue weighted by molar-refractivity contribution is 7.99. The summed E-state index contributed by atoms with van der Waals surface area (Å²) in [6.45, 7) is 3.79. The molecule has 2 N–H and O–H groups in total. The molecule has 0 unspecified atom stereocenters. The number of aromatic amines is 1. The van der Waals surface area contributed by atoms with Gasteiger partial charge >= 0.3 is 6.03 Å². The van der Waals surface area contributed by atoms with Crippen LogP contribution in [0.2, 0.25) is 0 Å². The van der Waals surface area contributed by atoms with Crippen molar-refractivity contribution in [1.29, 1.82) is 0 Å². The van der Waals surface area contributed by atoms with Crippen molar-refractivity contribution in [3.8, 4) is 0 Å². The molecule has 0 spiro atoms. The summed E-state index contributed by atoms with van der Waals surface area (Å²) in [5.74, 6) is 0.746. The molecule has 1 saturated heterocycles. The van der Waals surface area contributed by atoms with Gasteiger partial charge in [0.1, 0.15) is 11.6 Å². The molecule has 7 heteroatoms. The van der Waals surface area contributed by atoms with Gasteiger partial charge in [0.2, 0.25) is 0 Å². The number of H-pyrrole nitrogens is 1. The van der Waals surface area contributed by atoms with Gasteiger partial charge in [-0.1, -0.05) is 0 Å². The monoisotopic (exact) mass is 339 g/mol. The van der Waals surface area contributed by atoms with Crippen LogP contribution < -0.4 is 5.32 Å². The molecule has 0 saturated carbocycles. The van der Waals surface area contributed by atoms with Crippen molar-refractivity contribution >= 4 is 28.7 Å². The number of rotatable bonds is 3. The van der Waals surface area contributed by atoms with E-state index in [1.807, 2.05) is 18.7 Å². The van der Waals surface area contributed by atoms with Crippen molar-refractivity contribution in [2.45, 2.75) is 13.3 Å². The van der Waals surface area contributed by atoms with Gasteiger partial charge in [0.15, 0.2) is 0 Å². The van der Waals surface area contributed by atoms with E-state index in [2.05, 4.69) is 10.3 Å². The first-order valence-corrected chi connectivity index (χ1v) is 8.78. The standard InChI is InChI=1S/C16H19F2N3OS/c1-10-12(13-8-11(17)9-14(18)15(13)20-10)2-3-19-16(22)21-4-6-23-7-5-21/h8-9,20H,2-7H2,1H3,(H,19,22). The molecule has 1 aliphatic heterocycles. The van der Waals surface area contributed by atoms with E-state index in [0.29, 0.717) is 23.9 Å². The van der Waals surface area contributed by atoms with E-state index in [0.717, 1.165) is 41.9 Å². The highest BCUT2D eigenvalue weighted by Crippen LogP contribution is 2.25. The van der Waals surface area contributed by atoms with Crippen LogP contribution in [0.15, 0.2) is 12.1 Å². The Morgan fingerprint density at radius 1 is 1.35 bits per heavy atom. The number of aryl methyl sites for hydroxylation is 1. The minimum Gasteiger partial charge on any atom is -0.356 e. The number of nitrogens with zero attached hydrogens (tertiary/aromatic N) is 1. The maximum atomic E-state index is 13.8. The number of hydrogen-bond acceptors (Lipinski definition) is 2. The van der Waals surface area contributed by atoms with Crippen molar-refractivity contribution in [2.24, 2.45) is 0 Å². The number of thioether (sulfide) groups is 1. The van der Waals surface area contributed by atoms with Crippen molar-refractivity contribution in [1.82, 2.24) is 15.2 Å². The molecule has 1 fully saturated rings. The SMILES string of the molecule is Cc1[nH]c2c(F)cc(F)cc2c1CCNC(=O)N1CCSCC1. The Hall–Kier alpha value is -1.76. The number of carbonyl (C=O) groups is 1. The fraction of sp³-hybridized carbons (Fsp3) is 0.438. The number of benzene rings is 1. The Balaban J connectivity index is 1.67.